The van der Waals surface area contributed by atoms with Gasteiger partial charge in [0.25, 0.3) is 5.22 Å². The second-order valence-electron chi connectivity index (χ2n) is 7.22. The summed E-state index contributed by atoms with van der Waals surface area (Å²) in [7, 11) is 0. The van der Waals surface area contributed by atoms with E-state index in [1.807, 2.05) is 30.3 Å². The Kier molecular flexibility index (Phi) is 6.36. The SMILES string of the molecule is CCN(CC)c1ccc(-c2nnc(SCC(=O)c3ccc4c(c3)CCC(=O)N4)o2)cc1. The second-order valence-corrected chi connectivity index (χ2v) is 8.15. The molecule has 8 heteroatoms. The molecule has 0 saturated carbocycles. The van der Waals surface area contributed by atoms with Crippen LogP contribution in [0.4, 0.5) is 11.4 Å². The molecule has 1 N–H and O–H groups in total. The standard InChI is InChI=1S/C23H24N4O3S/c1-3-27(4-2)18-9-5-15(6-10-18)22-25-26-23(30-22)31-14-20(28)17-7-11-19-16(13-17)8-12-21(29)24-19/h5-7,9-11,13H,3-4,8,12,14H2,1-2H3,(H,24,29). The fourth-order valence-corrected chi connectivity index (χ4v) is 4.21. The molecule has 1 aliphatic heterocycles. The number of hydrogen-bond acceptors (Lipinski definition) is 7. The van der Waals surface area contributed by atoms with E-state index in [0.29, 0.717) is 29.5 Å². The van der Waals surface area contributed by atoms with E-state index in [2.05, 4.69) is 34.3 Å². The molecule has 0 bridgehead atoms. The van der Waals surface area contributed by atoms with Gasteiger partial charge in [-0.15, -0.1) is 10.2 Å². The molecule has 4 rings (SSSR count). The van der Waals surface area contributed by atoms with Crippen LogP contribution in [0.2, 0.25) is 0 Å². The molecule has 0 atom stereocenters. The van der Waals surface area contributed by atoms with Gasteiger partial charge in [-0.2, -0.15) is 0 Å². The number of rotatable bonds is 8. The fraction of sp³-hybridized carbons (Fsp3) is 0.304. The van der Waals surface area contributed by atoms with Crippen LogP contribution in [0, 0.1) is 0 Å². The van der Waals surface area contributed by atoms with E-state index in [0.717, 1.165) is 35.6 Å². The first-order valence-electron chi connectivity index (χ1n) is 10.3. The zero-order valence-electron chi connectivity index (χ0n) is 17.6. The number of aryl methyl sites for hydroxylation is 1. The minimum Gasteiger partial charge on any atom is -0.411 e. The Bertz CT molecular complexity index is 1090. The van der Waals surface area contributed by atoms with E-state index in [1.165, 1.54) is 11.8 Å². The van der Waals surface area contributed by atoms with Gasteiger partial charge in [0.1, 0.15) is 0 Å². The highest BCUT2D eigenvalue weighted by Gasteiger charge is 2.18. The maximum Gasteiger partial charge on any atom is 0.277 e. The fourth-order valence-electron chi connectivity index (χ4n) is 3.56. The van der Waals surface area contributed by atoms with Gasteiger partial charge in [-0.05, 0) is 68.3 Å². The van der Waals surface area contributed by atoms with Crippen LogP contribution < -0.4 is 10.2 Å². The lowest BCUT2D eigenvalue weighted by Crippen LogP contribution is -2.21. The van der Waals surface area contributed by atoms with E-state index in [4.69, 9.17) is 4.42 Å². The van der Waals surface area contributed by atoms with Gasteiger partial charge in [0, 0.05) is 42.0 Å². The normalized spacial score (nSPS) is 12.9. The van der Waals surface area contributed by atoms with Gasteiger partial charge in [-0.3, -0.25) is 9.59 Å². The van der Waals surface area contributed by atoms with E-state index >= 15 is 0 Å². The molecule has 0 radical (unpaired) electrons. The number of aromatic nitrogens is 2. The molecule has 1 aromatic heterocycles. The van der Waals surface area contributed by atoms with Gasteiger partial charge in [-0.25, -0.2) is 0 Å². The van der Waals surface area contributed by atoms with Crippen LogP contribution in [0.15, 0.2) is 52.1 Å². The molecule has 31 heavy (non-hydrogen) atoms. The summed E-state index contributed by atoms with van der Waals surface area (Å²) in [5.74, 6) is 0.629. The van der Waals surface area contributed by atoms with Gasteiger partial charge < -0.3 is 14.6 Å². The zero-order chi connectivity index (χ0) is 21.8. The molecular formula is C23H24N4O3S. The largest absolute Gasteiger partial charge is 0.411 e. The second kappa shape index (κ2) is 9.34. The Morgan fingerprint density at radius 1 is 1.10 bits per heavy atom. The summed E-state index contributed by atoms with van der Waals surface area (Å²) < 4.78 is 5.74. The average Bonchev–Trinajstić information content (AvgIpc) is 3.27. The van der Waals surface area contributed by atoms with Crippen LogP contribution >= 0.6 is 11.8 Å². The van der Waals surface area contributed by atoms with Crippen LogP contribution in [-0.2, 0) is 11.2 Å². The number of thioether (sulfide) groups is 1. The number of amides is 1. The first kappa shape index (κ1) is 21.1. The first-order valence-corrected chi connectivity index (χ1v) is 11.3. The van der Waals surface area contributed by atoms with Crippen molar-refractivity contribution >= 4 is 34.8 Å². The number of nitrogens with zero attached hydrogens (tertiary/aromatic N) is 3. The highest BCUT2D eigenvalue weighted by Crippen LogP contribution is 2.27. The van der Waals surface area contributed by atoms with Crippen LogP contribution in [0.5, 0.6) is 0 Å². The lowest BCUT2D eigenvalue weighted by atomic mass is 9.99. The summed E-state index contributed by atoms with van der Waals surface area (Å²) in [6.45, 7) is 6.15. The van der Waals surface area contributed by atoms with Crippen molar-refractivity contribution in [3.8, 4) is 11.5 Å². The zero-order valence-corrected chi connectivity index (χ0v) is 18.4. The maximum atomic E-state index is 12.6. The Morgan fingerprint density at radius 2 is 1.87 bits per heavy atom. The monoisotopic (exact) mass is 436 g/mol. The predicted molar refractivity (Wildman–Crippen MR) is 122 cm³/mol. The predicted octanol–water partition coefficient (Wildman–Crippen LogP) is 4.44. The molecule has 0 spiro atoms. The number of ketones is 1. The third-order valence-electron chi connectivity index (χ3n) is 5.30. The highest BCUT2D eigenvalue weighted by atomic mass is 32.2. The average molecular weight is 437 g/mol. The third kappa shape index (κ3) is 4.80. The van der Waals surface area contributed by atoms with Crippen molar-refractivity contribution < 1.29 is 14.0 Å². The van der Waals surface area contributed by atoms with Crippen LogP contribution in [-0.4, -0.2) is 40.7 Å². The molecule has 1 aliphatic rings. The topological polar surface area (TPSA) is 88.3 Å². The molecule has 2 heterocycles. The number of nitrogens with one attached hydrogen (secondary N) is 1. The number of anilines is 2. The summed E-state index contributed by atoms with van der Waals surface area (Å²) in [5.41, 5.74) is 4.39. The summed E-state index contributed by atoms with van der Waals surface area (Å²) in [6, 6.07) is 13.4. The Balaban J connectivity index is 1.38. The molecule has 2 aromatic carbocycles. The van der Waals surface area contributed by atoms with Gasteiger partial charge in [-0.1, -0.05) is 11.8 Å². The molecule has 1 amide bonds. The number of benzene rings is 2. The molecule has 160 valence electrons. The minimum absolute atomic E-state index is 0.0111. The molecule has 0 saturated heterocycles. The van der Waals surface area contributed by atoms with Crippen LogP contribution in [0.1, 0.15) is 36.2 Å². The molecular weight excluding hydrogens is 412 g/mol. The lowest BCUT2D eigenvalue weighted by molar-refractivity contribution is -0.116. The molecule has 0 fully saturated rings. The summed E-state index contributed by atoms with van der Waals surface area (Å²) in [6.07, 6.45) is 1.09. The van der Waals surface area contributed by atoms with Crippen molar-refractivity contribution in [1.29, 1.82) is 0 Å². The van der Waals surface area contributed by atoms with Crippen molar-refractivity contribution in [2.75, 3.05) is 29.1 Å². The van der Waals surface area contributed by atoms with Gasteiger partial charge in [0.15, 0.2) is 5.78 Å². The van der Waals surface area contributed by atoms with E-state index in [-0.39, 0.29) is 17.4 Å². The Hall–Kier alpha value is -3.13. The van der Waals surface area contributed by atoms with Gasteiger partial charge >= 0.3 is 0 Å². The van der Waals surface area contributed by atoms with E-state index < -0.39 is 0 Å². The number of fused-ring (bicyclic) bond motifs is 1. The maximum absolute atomic E-state index is 12.6. The van der Waals surface area contributed by atoms with Crippen molar-refractivity contribution in [1.82, 2.24) is 10.2 Å². The number of carbonyl (C=O) groups is 2. The highest BCUT2D eigenvalue weighted by molar-refractivity contribution is 7.99. The Morgan fingerprint density at radius 3 is 2.61 bits per heavy atom. The third-order valence-corrected chi connectivity index (χ3v) is 6.12. The van der Waals surface area contributed by atoms with Gasteiger partial charge in [0.05, 0.1) is 5.75 Å². The number of Topliss-reactive ketones (excluding diaryl/α,β-unsaturated/α-hetero) is 1. The first-order chi connectivity index (χ1) is 15.1. The number of carbonyl (C=O) groups excluding carboxylic acids is 2. The molecule has 0 unspecified atom stereocenters. The summed E-state index contributed by atoms with van der Waals surface area (Å²) in [5, 5.41) is 11.4. The van der Waals surface area contributed by atoms with Crippen LogP contribution in [0.3, 0.4) is 0 Å². The summed E-state index contributed by atoms with van der Waals surface area (Å²) >= 11 is 1.22. The smallest absolute Gasteiger partial charge is 0.277 e. The van der Waals surface area contributed by atoms with Gasteiger partial charge in [0.2, 0.25) is 11.8 Å². The quantitative estimate of drug-likeness (QED) is 0.412. The molecule has 3 aromatic rings. The summed E-state index contributed by atoms with van der Waals surface area (Å²) in [4.78, 5) is 26.3. The van der Waals surface area contributed by atoms with Crippen molar-refractivity contribution in [3.05, 3.63) is 53.6 Å². The Labute approximate surface area is 185 Å². The van der Waals surface area contributed by atoms with Crippen molar-refractivity contribution in [2.45, 2.75) is 31.9 Å². The van der Waals surface area contributed by atoms with Crippen molar-refractivity contribution in [2.24, 2.45) is 0 Å². The van der Waals surface area contributed by atoms with E-state index in [9.17, 15) is 9.59 Å². The molecule has 7 nitrogen and oxygen atoms in total. The van der Waals surface area contributed by atoms with Crippen molar-refractivity contribution in [3.63, 3.8) is 0 Å². The number of hydrogen-bond donors (Lipinski definition) is 1. The lowest BCUT2D eigenvalue weighted by Gasteiger charge is -2.20. The minimum atomic E-state index is -0.0203. The molecule has 0 aliphatic carbocycles. The van der Waals surface area contributed by atoms with Crippen LogP contribution in [0.25, 0.3) is 11.5 Å². The van der Waals surface area contributed by atoms with E-state index in [1.54, 1.807) is 12.1 Å².